The summed E-state index contributed by atoms with van der Waals surface area (Å²) in [5.74, 6) is -5.16. The lowest BCUT2D eigenvalue weighted by molar-refractivity contribution is -0.288. The first-order valence-corrected chi connectivity index (χ1v) is 10.3. The summed E-state index contributed by atoms with van der Waals surface area (Å²) in [4.78, 5) is 42.3. The van der Waals surface area contributed by atoms with E-state index in [-0.39, 0.29) is 11.1 Å². The Balaban J connectivity index is 0.000000370. The zero-order valence-corrected chi connectivity index (χ0v) is 19.1. The quantitative estimate of drug-likeness (QED) is 0.287. The molecule has 14 heteroatoms. The van der Waals surface area contributed by atoms with E-state index in [0.717, 1.165) is 0 Å². The summed E-state index contributed by atoms with van der Waals surface area (Å²) in [6, 6.07) is 9.32. The summed E-state index contributed by atoms with van der Waals surface area (Å²) >= 11 is 0. The number of rotatable bonds is 6. The third-order valence-electron chi connectivity index (χ3n) is 5.36. The van der Waals surface area contributed by atoms with Crippen molar-refractivity contribution in [3.63, 3.8) is 0 Å². The predicted octanol–water partition coefficient (Wildman–Crippen LogP) is 5.58. The molecule has 0 atom stereocenters. The Labute approximate surface area is 214 Å². The van der Waals surface area contributed by atoms with Crippen molar-refractivity contribution in [2.45, 2.75) is 17.8 Å². The standard InChI is InChI=1S/C17H10F6O4.C8H6O4/c18-16(19,20)15(17(21,22)23,11-5-1-9(2-6-11)13(24)25)12-7-3-10(4-8-12)14(26)27;9-7(10)5-1-2-6(4-3-5)8(11)12/h1-8H,(H,24,25)(H,26,27);1-4H,(H,9,10)(H,11,12). The number of benzene rings is 3. The van der Waals surface area contributed by atoms with Gasteiger partial charge in [0.05, 0.1) is 22.3 Å². The van der Waals surface area contributed by atoms with E-state index in [2.05, 4.69) is 0 Å². The van der Waals surface area contributed by atoms with Crippen LogP contribution in [-0.4, -0.2) is 56.7 Å². The van der Waals surface area contributed by atoms with Crippen LogP contribution in [0.2, 0.25) is 0 Å². The number of carboxylic acid groups (broad SMARTS) is 4. The van der Waals surface area contributed by atoms with Crippen LogP contribution in [0.25, 0.3) is 0 Å². The fraction of sp³-hybridized carbons (Fsp3) is 0.120. The molecular formula is C25H16F6O8. The molecule has 0 amide bonds. The van der Waals surface area contributed by atoms with Gasteiger partial charge in [-0.3, -0.25) is 0 Å². The first kappa shape index (κ1) is 30.3. The van der Waals surface area contributed by atoms with Crippen molar-refractivity contribution in [2.24, 2.45) is 0 Å². The third kappa shape index (κ3) is 6.34. The number of carboxylic acids is 4. The predicted molar refractivity (Wildman–Crippen MR) is 120 cm³/mol. The molecule has 4 N–H and O–H groups in total. The average Bonchev–Trinajstić information content (AvgIpc) is 2.83. The van der Waals surface area contributed by atoms with Crippen molar-refractivity contribution >= 4 is 23.9 Å². The number of hydrogen-bond acceptors (Lipinski definition) is 4. The molecule has 0 unspecified atom stereocenters. The van der Waals surface area contributed by atoms with E-state index < -0.39 is 63.9 Å². The number of alkyl halides is 6. The summed E-state index contributed by atoms with van der Waals surface area (Å²) in [6.45, 7) is 0. The Kier molecular flexibility index (Phi) is 8.75. The van der Waals surface area contributed by atoms with Crippen LogP contribution >= 0.6 is 0 Å². The van der Waals surface area contributed by atoms with E-state index in [0.29, 0.717) is 48.5 Å². The molecule has 0 aromatic heterocycles. The van der Waals surface area contributed by atoms with Crippen molar-refractivity contribution in [2.75, 3.05) is 0 Å². The summed E-state index contributed by atoms with van der Waals surface area (Å²) in [5.41, 5.74) is -7.75. The third-order valence-corrected chi connectivity index (χ3v) is 5.36. The average molecular weight is 558 g/mol. The molecule has 0 bridgehead atoms. The molecule has 0 aliphatic heterocycles. The maximum Gasteiger partial charge on any atom is 0.411 e. The highest BCUT2D eigenvalue weighted by Crippen LogP contribution is 2.56. The molecule has 0 saturated carbocycles. The first-order chi connectivity index (χ1) is 17.9. The highest BCUT2D eigenvalue weighted by molar-refractivity contribution is 5.91. The Bertz CT molecular complexity index is 1250. The van der Waals surface area contributed by atoms with Crippen LogP contribution in [-0.2, 0) is 5.41 Å². The summed E-state index contributed by atoms with van der Waals surface area (Å²) in [5, 5.41) is 34.5. The largest absolute Gasteiger partial charge is 0.478 e. The van der Waals surface area contributed by atoms with E-state index >= 15 is 0 Å². The summed E-state index contributed by atoms with van der Waals surface area (Å²) in [7, 11) is 0. The maximum absolute atomic E-state index is 13.8. The van der Waals surface area contributed by atoms with Crippen molar-refractivity contribution < 1.29 is 65.9 Å². The van der Waals surface area contributed by atoms with Gasteiger partial charge in [0.15, 0.2) is 0 Å². The molecule has 0 radical (unpaired) electrons. The van der Waals surface area contributed by atoms with Gasteiger partial charge in [0.25, 0.3) is 0 Å². The van der Waals surface area contributed by atoms with Crippen LogP contribution in [0.3, 0.4) is 0 Å². The number of hydrogen-bond donors (Lipinski definition) is 4. The van der Waals surface area contributed by atoms with Gasteiger partial charge in [0.1, 0.15) is 0 Å². The highest BCUT2D eigenvalue weighted by Gasteiger charge is 2.72. The molecular weight excluding hydrogens is 542 g/mol. The lowest BCUT2D eigenvalue weighted by Crippen LogP contribution is -2.54. The normalized spacial score (nSPS) is 11.6. The molecule has 8 nitrogen and oxygen atoms in total. The number of aromatic carboxylic acids is 4. The van der Waals surface area contributed by atoms with Crippen LogP contribution in [0.1, 0.15) is 52.6 Å². The molecule has 0 aliphatic rings. The van der Waals surface area contributed by atoms with Crippen molar-refractivity contribution in [1.82, 2.24) is 0 Å². The second-order valence-corrected chi connectivity index (χ2v) is 7.70. The monoisotopic (exact) mass is 558 g/mol. The minimum absolute atomic E-state index is 0.0833. The second-order valence-electron chi connectivity index (χ2n) is 7.70. The molecule has 206 valence electrons. The molecule has 0 spiro atoms. The van der Waals surface area contributed by atoms with E-state index in [1.807, 2.05) is 0 Å². The Morgan fingerprint density at radius 1 is 0.410 bits per heavy atom. The SMILES string of the molecule is O=C(O)c1ccc(C(=O)O)cc1.O=C(O)c1ccc(C(c2ccc(C(=O)O)cc2)(C(F)(F)F)C(F)(F)F)cc1. The summed E-state index contributed by atoms with van der Waals surface area (Å²) in [6.07, 6.45) is -11.7. The van der Waals surface area contributed by atoms with Gasteiger partial charge < -0.3 is 20.4 Å². The zero-order chi connectivity index (χ0) is 29.8. The maximum atomic E-state index is 13.8. The molecule has 0 saturated heterocycles. The smallest absolute Gasteiger partial charge is 0.411 e. The van der Waals surface area contributed by atoms with Gasteiger partial charge in [-0.05, 0) is 59.7 Å². The van der Waals surface area contributed by atoms with Crippen LogP contribution in [0, 0.1) is 0 Å². The Morgan fingerprint density at radius 3 is 0.744 bits per heavy atom. The molecule has 3 rings (SSSR count). The van der Waals surface area contributed by atoms with Gasteiger partial charge in [0.2, 0.25) is 5.41 Å². The second kappa shape index (κ2) is 11.2. The minimum atomic E-state index is -5.85. The fourth-order valence-corrected chi connectivity index (χ4v) is 3.46. The van der Waals surface area contributed by atoms with E-state index in [1.165, 1.54) is 24.3 Å². The molecule has 3 aromatic rings. The zero-order valence-electron chi connectivity index (χ0n) is 19.1. The van der Waals surface area contributed by atoms with Crippen LogP contribution in [0.5, 0.6) is 0 Å². The van der Waals surface area contributed by atoms with Gasteiger partial charge in [-0.25, -0.2) is 19.2 Å². The molecule has 39 heavy (non-hydrogen) atoms. The molecule has 0 aliphatic carbocycles. The Morgan fingerprint density at radius 2 is 0.590 bits per heavy atom. The van der Waals surface area contributed by atoms with Crippen molar-refractivity contribution in [3.05, 3.63) is 106 Å². The van der Waals surface area contributed by atoms with Crippen molar-refractivity contribution in [3.8, 4) is 0 Å². The van der Waals surface area contributed by atoms with Gasteiger partial charge in [-0.1, -0.05) is 24.3 Å². The van der Waals surface area contributed by atoms with Gasteiger partial charge in [-0.15, -0.1) is 0 Å². The lowest BCUT2D eigenvalue weighted by atomic mass is 9.72. The van der Waals surface area contributed by atoms with Gasteiger partial charge in [0, 0.05) is 0 Å². The van der Waals surface area contributed by atoms with Crippen LogP contribution in [0.15, 0.2) is 72.8 Å². The Hall–Kier alpha value is -4.88. The fourth-order valence-electron chi connectivity index (χ4n) is 3.46. The highest BCUT2D eigenvalue weighted by atomic mass is 19.4. The molecule has 0 fully saturated rings. The lowest BCUT2D eigenvalue weighted by Gasteiger charge is -2.38. The van der Waals surface area contributed by atoms with Crippen LogP contribution < -0.4 is 0 Å². The molecule has 3 aromatic carbocycles. The first-order valence-electron chi connectivity index (χ1n) is 10.3. The van der Waals surface area contributed by atoms with E-state index in [9.17, 15) is 45.5 Å². The van der Waals surface area contributed by atoms with Gasteiger partial charge >= 0.3 is 36.2 Å². The van der Waals surface area contributed by atoms with E-state index in [4.69, 9.17) is 20.4 Å². The summed E-state index contributed by atoms with van der Waals surface area (Å²) < 4.78 is 82.8. The van der Waals surface area contributed by atoms with Crippen LogP contribution in [0.4, 0.5) is 26.3 Å². The van der Waals surface area contributed by atoms with Crippen molar-refractivity contribution in [1.29, 1.82) is 0 Å². The number of carbonyl (C=O) groups is 4. The van der Waals surface area contributed by atoms with Gasteiger partial charge in [-0.2, -0.15) is 26.3 Å². The number of halogens is 6. The minimum Gasteiger partial charge on any atom is -0.478 e. The topological polar surface area (TPSA) is 149 Å². The van der Waals surface area contributed by atoms with E-state index in [1.54, 1.807) is 0 Å². The molecule has 0 heterocycles.